The Balaban J connectivity index is 1.74. The molecule has 1 aliphatic rings. The first-order chi connectivity index (χ1) is 16.4. The highest BCUT2D eigenvalue weighted by Crippen LogP contribution is 2.28. The van der Waals surface area contributed by atoms with E-state index in [0.717, 1.165) is 30.6 Å². The second kappa shape index (κ2) is 13.4. The lowest BCUT2D eigenvalue weighted by atomic mass is 9.95. The minimum Gasteiger partial charge on any atom is -0.352 e. The van der Waals surface area contributed by atoms with Crippen LogP contribution in [0.1, 0.15) is 63.0 Å². The Kier molecular flexibility index (Phi) is 10.6. The largest absolute Gasteiger partial charge is 0.352 e. The SMILES string of the molecule is CC[C@@H](C(=O)NC1CCCCC1)N(Cc1c(Cl)cccc1Cl)C(=O)CCSc1ccc(C)cc1. The van der Waals surface area contributed by atoms with Crippen molar-refractivity contribution in [3.63, 3.8) is 0 Å². The van der Waals surface area contributed by atoms with Gasteiger partial charge in [0.25, 0.3) is 0 Å². The van der Waals surface area contributed by atoms with Crippen molar-refractivity contribution >= 4 is 46.8 Å². The first kappa shape index (κ1) is 26.9. The summed E-state index contributed by atoms with van der Waals surface area (Å²) in [5, 5.41) is 4.21. The molecule has 1 saturated carbocycles. The van der Waals surface area contributed by atoms with Gasteiger partial charge in [-0.2, -0.15) is 0 Å². The summed E-state index contributed by atoms with van der Waals surface area (Å²) in [6.07, 6.45) is 6.34. The van der Waals surface area contributed by atoms with Gasteiger partial charge in [-0.15, -0.1) is 11.8 Å². The fraction of sp³-hybridized carbons (Fsp3) is 0.481. The highest BCUT2D eigenvalue weighted by Gasteiger charge is 2.31. The molecule has 4 nitrogen and oxygen atoms in total. The van der Waals surface area contributed by atoms with Crippen LogP contribution < -0.4 is 5.32 Å². The lowest BCUT2D eigenvalue weighted by Gasteiger charge is -2.33. The van der Waals surface area contributed by atoms with Gasteiger partial charge in [0.2, 0.25) is 11.8 Å². The second-order valence-electron chi connectivity index (χ2n) is 8.90. The first-order valence-corrected chi connectivity index (χ1v) is 13.9. The monoisotopic (exact) mass is 520 g/mol. The summed E-state index contributed by atoms with van der Waals surface area (Å²) in [6.45, 7) is 4.21. The van der Waals surface area contributed by atoms with Crippen LogP contribution >= 0.6 is 35.0 Å². The molecule has 1 atom stereocenters. The quantitative estimate of drug-likeness (QED) is 0.341. The van der Waals surface area contributed by atoms with Gasteiger partial charge in [0.15, 0.2) is 0 Å². The minimum atomic E-state index is -0.564. The molecule has 2 aromatic rings. The zero-order valence-corrected chi connectivity index (χ0v) is 22.3. The van der Waals surface area contributed by atoms with Crippen molar-refractivity contribution in [2.45, 2.75) is 82.3 Å². The zero-order chi connectivity index (χ0) is 24.5. The fourth-order valence-electron chi connectivity index (χ4n) is 4.35. The normalized spacial score (nSPS) is 15.1. The number of carbonyl (C=O) groups is 2. The third-order valence-corrected chi connectivity index (χ3v) is 8.06. The van der Waals surface area contributed by atoms with Crippen molar-refractivity contribution in [3.05, 3.63) is 63.6 Å². The Morgan fingerprint density at radius 2 is 1.71 bits per heavy atom. The molecule has 184 valence electrons. The molecule has 34 heavy (non-hydrogen) atoms. The number of benzene rings is 2. The molecule has 0 bridgehead atoms. The van der Waals surface area contributed by atoms with Crippen molar-refractivity contribution in [1.82, 2.24) is 10.2 Å². The smallest absolute Gasteiger partial charge is 0.243 e. The maximum Gasteiger partial charge on any atom is 0.243 e. The number of thioether (sulfide) groups is 1. The van der Waals surface area contributed by atoms with Gasteiger partial charge in [-0.05, 0) is 50.5 Å². The fourth-order valence-corrected chi connectivity index (χ4v) is 5.71. The number of aryl methyl sites for hydroxylation is 1. The number of nitrogens with zero attached hydrogens (tertiary/aromatic N) is 1. The van der Waals surface area contributed by atoms with Crippen LogP contribution in [0.25, 0.3) is 0 Å². The van der Waals surface area contributed by atoms with E-state index in [1.807, 2.05) is 6.92 Å². The average molecular weight is 522 g/mol. The molecule has 2 aromatic carbocycles. The standard InChI is InChI=1S/C27H34Cl2N2O2S/c1-3-25(27(33)30-20-8-5-4-6-9-20)31(18-22-23(28)10-7-11-24(22)29)26(32)16-17-34-21-14-12-19(2)13-15-21/h7,10-15,20,25H,3-6,8-9,16-18H2,1-2H3,(H,30,33)/t25-/m0/s1. The number of carbonyl (C=O) groups excluding carboxylic acids is 2. The molecule has 3 rings (SSSR count). The van der Waals surface area contributed by atoms with Crippen LogP contribution in [-0.4, -0.2) is 34.6 Å². The van der Waals surface area contributed by atoms with E-state index in [9.17, 15) is 9.59 Å². The molecule has 1 fully saturated rings. The van der Waals surface area contributed by atoms with Crippen molar-refractivity contribution in [1.29, 1.82) is 0 Å². The Morgan fingerprint density at radius 1 is 1.06 bits per heavy atom. The van der Waals surface area contributed by atoms with Gasteiger partial charge in [0, 0.05) is 45.3 Å². The lowest BCUT2D eigenvalue weighted by Crippen LogP contribution is -2.51. The summed E-state index contributed by atoms with van der Waals surface area (Å²) in [6, 6.07) is 13.2. The van der Waals surface area contributed by atoms with Crippen LogP contribution in [0.4, 0.5) is 0 Å². The van der Waals surface area contributed by atoms with Gasteiger partial charge < -0.3 is 10.2 Å². The maximum absolute atomic E-state index is 13.5. The van der Waals surface area contributed by atoms with Crippen LogP contribution in [0, 0.1) is 6.92 Å². The highest BCUT2D eigenvalue weighted by molar-refractivity contribution is 7.99. The van der Waals surface area contributed by atoms with E-state index >= 15 is 0 Å². The van der Waals surface area contributed by atoms with E-state index < -0.39 is 6.04 Å². The molecule has 0 aliphatic heterocycles. The number of nitrogens with one attached hydrogen (secondary N) is 1. The Bertz CT molecular complexity index is 941. The summed E-state index contributed by atoms with van der Waals surface area (Å²) in [5.74, 6) is 0.480. The van der Waals surface area contributed by atoms with Gasteiger partial charge in [0.1, 0.15) is 6.04 Å². The molecule has 2 amide bonds. The Hall–Kier alpha value is -1.69. The number of hydrogen-bond acceptors (Lipinski definition) is 3. The van der Waals surface area contributed by atoms with Crippen LogP contribution in [0.3, 0.4) is 0 Å². The van der Waals surface area contributed by atoms with Crippen LogP contribution in [0.2, 0.25) is 10.0 Å². The summed E-state index contributed by atoms with van der Waals surface area (Å²) in [7, 11) is 0. The van der Waals surface area contributed by atoms with E-state index in [0.29, 0.717) is 34.2 Å². The number of amides is 2. The summed E-state index contributed by atoms with van der Waals surface area (Å²) < 4.78 is 0. The van der Waals surface area contributed by atoms with E-state index in [-0.39, 0.29) is 24.4 Å². The van der Waals surface area contributed by atoms with Crippen molar-refractivity contribution in [3.8, 4) is 0 Å². The third kappa shape index (κ3) is 7.66. The number of rotatable bonds is 10. The van der Waals surface area contributed by atoms with E-state index in [2.05, 4.69) is 36.5 Å². The minimum absolute atomic E-state index is 0.0683. The predicted molar refractivity (Wildman–Crippen MR) is 143 cm³/mol. The van der Waals surface area contributed by atoms with Gasteiger partial charge >= 0.3 is 0 Å². The van der Waals surface area contributed by atoms with Crippen LogP contribution in [-0.2, 0) is 16.1 Å². The molecule has 0 saturated heterocycles. The molecule has 0 unspecified atom stereocenters. The van der Waals surface area contributed by atoms with Gasteiger partial charge in [-0.25, -0.2) is 0 Å². The topological polar surface area (TPSA) is 49.4 Å². The highest BCUT2D eigenvalue weighted by atomic mass is 35.5. The molecule has 7 heteroatoms. The first-order valence-electron chi connectivity index (χ1n) is 12.1. The molecular formula is C27H34Cl2N2O2S. The Morgan fingerprint density at radius 3 is 2.32 bits per heavy atom. The lowest BCUT2D eigenvalue weighted by molar-refractivity contribution is -0.141. The van der Waals surface area contributed by atoms with Crippen LogP contribution in [0.5, 0.6) is 0 Å². The molecule has 0 spiro atoms. The van der Waals surface area contributed by atoms with Gasteiger partial charge in [-0.3, -0.25) is 9.59 Å². The summed E-state index contributed by atoms with van der Waals surface area (Å²) in [4.78, 5) is 29.6. The average Bonchev–Trinajstić information content (AvgIpc) is 2.82. The molecule has 1 N–H and O–H groups in total. The third-order valence-electron chi connectivity index (χ3n) is 6.33. The van der Waals surface area contributed by atoms with Gasteiger partial charge in [-0.1, -0.05) is 73.2 Å². The summed E-state index contributed by atoms with van der Waals surface area (Å²) >= 11 is 14.5. The predicted octanol–water partition coefficient (Wildman–Crippen LogP) is 7.04. The number of halogens is 2. The molecule has 1 aliphatic carbocycles. The summed E-state index contributed by atoms with van der Waals surface area (Å²) in [5.41, 5.74) is 1.88. The van der Waals surface area contributed by atoms with Crippen molar-refractivity contribution < 1.29 is 9.59 Å². The van der Waals surface area contributed by atoms with E-state index in [1.165, 1.54) is 12.0 Å². The maximum atomic E-state index is 13.5. The van der Waals surface area contributed by atoms with Gasteiger partial charge in [0.05, 0.1) is 0 Å². The Labute approximate surface area is 217 Å². The molecule has 0 aromatic heterocycles. The van der Waals surface area contributed by atoms with E-state index in [4.69, 9.17) is 23.2 Å². The van der Waals surface area contributed by atoms with Crippen molar-refractivity contribution in [2.24, 2.45) is 0 Å². The molecular weight excluding hydrogens is 487 g/mol. The van der Waals surface area contributed by atoms with Crippen molar-refractivity contribution in [2.75, 3.05) is 5.75 Å². The van der Waals surface area contributed by atoms with Crippen LogP contribution in [0.15, 0.2) is 47.4 Å². The number of hydrogen-bond donors (Lipinski definition) is 1. The molecule has 0 heterocycles. The second-order valence-corrected chi connectivity index (χ2v) is 10.9. The molecule has 0 radical (unpaired) electrons. The van der Waals surface area contributed by atoms with E-state index in [1.54, 1.807) is 34.9 Å². The zero-order valence-electron chi connectivity index (χ0n) is 20.0.